The van der Waals surface area contributed by atoms with Crippen LogP contribution in [0, 0.1) is 30.5 Å². The van der Waals surface area contributed by atoms with Crippen molar-refractivity contribution in [1.29, 1.82) is 0 Å². The second-order valence-corrected chi connectivity index (χ2v) is 7.73. The molecule has 5 heteroatoms. The van der Waals surface area contributed by atoms with Crippen LogP contribution in [0.15, 0.2) is 4.79 Å². The molecule has 0 bridgehead atoms. The molecule has 1 saturated carbocycles. The monoisotopic (exact) mass is 308 g/mol. The number of nitrogens with one attached hydrogen (secondary N) is 1. The Labute approximate surface area is 127 Å². The molecule has 0 saturated heterocycles. The van der Waals surface area contributed by atoms with Crippen LogP contribution >= 0.6 is 23.6 Å². The van der Waals surface area contributed by atoms with Crippen LogP contribution in [0.5, 0.6) is 0 Å². The highest BCUT2D eigenvalue weighted by atomic mass is 32.1. The third-order valence-electron chi connectivity index (χ3n) is 4.55. The van der Waals surface area contributed by atoms with Gasteiger partial charge in [0.2, 0.25) is 0 Å². The molecule has 1 aliphatic rings. The lowest BCUT2D eigenvalue weighted by Crippen LogP contribution is -2.25. The Morgan fingerprint density at radius 1 is 1.40 bits per heavy atom. The highest BCUT2D eigenvalue weighted by Gasteiger charge is 2.23. The number of rotatable bonds is 2. The Kier molecular flexibility index (Phi) is 3.58. The van der Waals surface area contributed by atoms with E-state index in [2.05, 4.69) is 18.8 Å². The minimum atomic E-state index is 0.0881. The first-order valence-electron chi connectivity index (χ1n) is 7.20. The van der Waals surface area contributed by atoms with E-state index < -0.39 is 0 Å². The summed E-state index contributed by atoms with van der Waals surface area (Å²) in [4.78, 5) is 18.1. The highest BCUT2D eigenvalue weighted by molar-refractivity contribution is 7.71. The van der Waals surface area contributed by atoms with Gasteiger partial charge in [-0.1, -0.05) is 13.3 Å². The van der Waals surface area contributed by atoms with Crippen molar-refractivity contribution in [1.82, 2.24) is 9.55 Å². The van der Waals surface area contributed by atoms with Gasteiger partial charge in [0.1, 0.15) is 4.83 Å². The van der Waals surface area contributed by atoms with E-state index in [1.165, 1.54) is 24.1 Å². The minimum absolute atomic E-state index is 0.0881. The largest absolute Gasteiger partial charge is 0.323 e. The fourth-order valence-corrected chi connectivity index (χ4v) is 4.65. The summed E-state index contributed by atoms with van der Waals surface area (Å²) in [6, 6.07) is 0. The standard InChI is InChI=1S/C15H20N2OS2/c1-8-4-5-11(6-8)7-17-14(18)12-9(2)10(3)20-13(12)16-15(17)19/h8,11H,4-7H2,1-3H3,(H,16,19). The fraction of sp³-hybridized carbons (Fsp3) is 0.600. The molecule has 0 amide bonds. The van der Waals surface area contributed by atoms with Gasteiger partial charge in [0, 0.05) is 11.4 Å². The van der Waals surface area contributed by atoms with Crippen molar-refractivity contribution in [2.75, 3.05) is 0 Å². The fourth-order valence-electron chi connectivity index (χ4n) is 3.28. The van der Waals surface area contributed by atoms with Crippen molar-refractivity contribution >= 4 is 33.8 Å². The molecule has 0 radical (unpaired) electrons. The predicted molar refractivity (Wildman–Crippen MR) is 87.2 cm³/mol. The lowest BCUT2D eigenvalue weighted by Gasteiger charge is -2.12. The SMILES string of the molecule is Cc1sc2[nH]c(=S)n(CC3CCC(C)C3)c(=O)c2c1C. The van der Waals surface area contributed by atoms with Crippen molar-refractivity contribution in [3.8, 4) is 0 Å². The second-order valence-electron chi connectivity index (χ2n) is 6.12. The summed E-state index contributed by atoms with van der Waals surface area (Å²) in [5.41, 5.74) is 1.18. The van der Waals surface area contributed by atoms with E-state index in [1.807, 2.05) is 6.92 Å². The molecule has 2 heterocycles. The average Bonchev–Trinajstić information content (AvgIpc) is 2.90. The van der Waals surface area contributed by atoms with Gasteiger partial charge >= 0.3 is 0 Å². The van der Waals surface area contributed by atoms with Crippen LogP contribution in [-0.2, 0) is 6.54 Å². The van der Waals surface area contributed by atoms with Crippen molar-refractivity contribution in [3.05, 3.63) is 25.6 Å². The molecule has 20 heavy (non-hydrogen) atoms. The van der Waals surface area contributed by atoms with E-state index in [4.69, 9.17) is 12.2 Å². The number of aromatic amines is 1. The lowest BCUT2D eigenvalue weighted by molar-refractivity contribution is 0.429. The van der Waals surface area contributed by atoms with E-state index in [1.54, 1.807) is 15.9 Å². The highest BCUT2D eigenvalue weighted by Crippen LogP contribution is 2.31. The summed E-state index contributed by atoms with van der Waals surface area (Å²) < 4.78 is 2.35. The molecule has 0 aliphatic heterocycles. The number of nitrogens with zero attached hydrogens (tertiary/aromatic N) is 1. The third kappa shape index (κ3) is 2.27. The zero-order valence-electron chi connectivity index (χ0n) is 12.2. The van der Waals surface area contributed by atoms with Gasteiger partial charge in [-0.25, -0.2) is 0 Å². The second kappa shape index (κ2) is 5.11. The number of hydrogen-bond donors (Lipinski definition) is 1. The summed E-state index contributed by atoms with van der Waals surface area (Å²) in [5, 5.41) is 0.826. The molecule has 1 aliphatic carbocycles. The van der Waals surface area contributed by atoms with Crippen molar-refractivity contribution < 1.29 is 0 Å². The smallest absolute Gasteiger partial charge is 0.263 e. The van der Waals surface area contributed by atoms with Crippen molar-refractivity contribution in [3.63, 3.8) is 0 Å². The van der Waals surface area contributed by atoms with Gasteiger partial charge in [0.15, 0.2) is 4.77 Å². The first-order valence-corrected chi connectivity index (χ1v) is 8.42. The van der Waals surface area contributed by atoms with Crippen LogP contribution < -0.4 is 5.56 Å². The van der Waals surface area contributed by atoms with Gasteiger partial charge in [-0.05, 0) is 56.3 Å². The molecule has 2 aromatic rings. The topological polar surface area (TPSA) is 37.8 Å². The predicted octanol–water partition coefficient (Wildman–Crippen LogP) is 4.17. The van der Waals surface area contributed by atoms with Crippen LogP contribution in [-0.4, -0.2) is 9.55 Å². The summed E-state index contributed by atoms with van der Waals surface area (Å²) in [6.45, 7) is 7.13. The van der Waals surface area contributed by atoms with E-state index in [0.29, 0.717) is 10.7 Å². The molecule has 3 nitrogen and oxygen atoms in total. The average molecular weight is 308 g/mol. The Morgan fingerprint density at radius 2 is 2.15 bits per heavy atom. The summed E-state index contributed by atoms with van der Waals surface area (Å²) in [7, 11) is 0. The number of aryl methyl sites for hydroxylation is 2. The van der Waals surface area contributed by atoms with Gasteiger partial charge < -0.3 is 4.98 Å². The molecule has 2 atom stereocenters. The molecule has 2 unspecified atom stereocenters. The Bertz CT molecular complexity index is 768. The van der Waals surface area contributed by atoms with E-state index in [-0.39, 0.29) is 5.56 Å². The number of aromatic nitrogens is 2. The van der Waals surface area contributed by atoms with Crippen LogP contribution in [0.25, 0.3) is 10.2 Å². The van der Waals surface area contributed by atoms with Gasteiger partial charge in [-0.3, -0.25) is 9.36 Å². The third-order valence-corrected chi connectivity index (χ3v) is 6.00. The van der Waals surface area contributed by atoms with Crippen molar-refractivity contribution in [2.45, 2.75) is 46.6 Å². The molecule has 1 N–H and O–H groups in total. The molecule has 0 aromatic carbocycles. The van der Waals surface area contributed by atoms with E-state index in [9.17, 15) is 4.79 Å². The van der Waals surface area contributed by atoms with E-state index in [0.717, 1.165) is 28.2 Å². The van der Waals surface area contributed by atoms with E-state index >= 15 is 0 Å². The summed E-state index contributed by atoms with van der Waals surface area (Å²) >= 11 is 7.02. The molecule has 3 rings (SSSR count). The maximum absolute atomic E-state index is 12.7. The van der Waals surface area contributed by atoms with Crippen LogP contribution in [0.4, 0.5) is 0 Å². The van der Waals surface area contributed by atoms with Crippen LogP contribution in [0.1, 0.15) is 36.6 Å². The molecule has 108 valence electrons. The van der Waals surface area contributed by atoms with Gasteiger partial charge in [0.05, 0.1) is 5.39 Å². The van der Waals surface area contributed by atoms with Crippen molar-refractivity contribution in [2.24, 2.45) is 11.8 Å². The molecule has 0 spiro atoms. The minimum Gasteiger partial charge on any atom is -0.323 e. The molecule has 1 fully saturated rings. The first kappa shape index (κ1) is 14.0. The Morgan fingerprint density at radius 3 is 2.80 bits per heavy atom. The summed E-state index contributed by atoms with van der Waals surface area (Å²) in [6.07, 6.45) is 3.69. The quantitative estimate of drug-likeness (QED) is 0.845. The first-order chi connectivity index (χ1) is 9.47. The van der Waals surface area contributed by atoms with Crippen LogP contribution in [0.3, 0.4) is 0 Å². The normalized spacial score (nSPS) is 22.8. The molecule has 2 aromatic heterocycles. The Balaban J connectivity index is 2.09. The number of hydrogen-bond acceptors (Lipinski definition) is 3. The lowest BCUT2D eigenvalue weighted by atomic mass is 10.1. The zero-order valence-corrected chi connectivity index (χ0v) is 13.8. The van der Waals surface area contributed by atoms with Gasteiger partial charge in [0.25, 0.3) is 5.56 Å². The Hall–Kier alpha value is -0.940. The molecular formula is C15H20N2OS2. The molecular weight excluding hydrogens is 288 g/mol. The maximum Gasteiger partial charge on any atom is 0.263 e. The van der Waals surface area contributed by atoms with Crippen LogP contribution in [0.2, 0.25) is 0 Å². The zero-order chi connectivity index (χ0) is 14.4. The number of fused-ring (bicyclic) bond motifs is 1. The summed E-state index contributed by atoms with van der Waals surface area (Å²) in [5.74, 6) is 1.37. The number of H-pyrrole nitrogens is 1. The van der Waals surface area contributed by atoms with Gasteiger partial charge in [-0.15, -0.1) is 11.3 Å². The van der Waals surface area contributed by atoms with Gasteiger partial charge in [-0.2, -0.15) is 0 Å². The maximum atomic E-state index is 12.7. The number of thiophene rings is 1.